The number of pyridine rings is 1. The number of esters is 1. The quantitative estimate of drug-likeness (QED) is 0.675. The van der Waals surface area contributed by atoms with Crippen molar-refractivity contribution in [3.05, 3.63) is 40.2 Å². The van der Waals surface area contributed by atoms with Crippen molar-refractivity contribution in [1.29, 1.82) is 0 Å². The van der Waals surface area contributed by atoms with E-state index in [9.17, 15) is 22.8 Å². The van der Waals surface area contributed by atoms with Crippen molar-refractivity contribution in [3.63, 3.8) is 0 Å². The molecule has 2 N–H and O–H groups in total. The van der Waals surface area contributed by atoms with Gasteiger partial charge in [-0.3, -0.25) is 10.1 Å². The van der Waals surface area contributed by atoms with Gasteiger partial charge in [0, 0.05) is 22.8 Å². The number of fused-ring (bicyclic) bond motifs is 1. The van der Waals surface area contributed by atoms with Crippen molar-refractivity contribution < 1.29 is 22.7 Å². The van der Waals surface area contributed by atoms with Gasteiger partial charge in [-0.1, -0.05) is 0 Å². The van der Waals surface area contributed by atoms with Crippen molar-refractivity contribution in [2.45, 2.75) is 13.2 Å². The highest BCUT2D eigenvalue weighted by Gasteiger charge is 2.27. The number of aromatic nitrogens is 1. The zero-order valence-corrected chi connectivity index (χ0v) is 10.9. The molecule has 1 aromatic carbocycles. The first kappa shape index (κ1) is 14.9. The molecule has 0 fully saturated rings. The van der Waals surface area contributed by atoms with Crippen LogP contribution in [0.15, 0.2) is 29.2 Å². The second-order valence-corrected chi connectivity index (χ2v) is 4.14. The molecule has 1 heterocycles. The van der Waals surface area contributed by atoms with Gasteiger partial charge in [0.2, 0.25) is 5.43 Å². The highest BCUT2D eigenvalue weighted by Crippen LogP contribution is 2.22. The van der Waals surface area contributed by atoms with E-state index >= 15 is 0 Å². The van der Waals surface area contributed by atoms with E-state index < -0.39 is 17.7 Å². The molecule has 0 aliphatic carbocycles. The Balaban J connectivity index is 2.52. The van der Waals surface area contributed by atoms with Crippen molar-refractivity contribution in [3.8, 4) is 0 Å². The lowest BCUT2D eigenvalue weighted by Gasteiger charge is -2.10. The average Bonchev–Trinajstić information content (AvgIpc) is 2.38. The lowest BCUT2D eigenvalue weighted by molar-refractivity contribution is -0.0999. The normalized spacial score (nSPS) is 11.4. The molecule has 21 heavy (non-hydrogen) atoms. The maximum atomic E-state index is 12.3. The number of anilines is 1. The van der Waals surface area contributed by atoms with Crippen LogP contribution in [0, 0.1) is 0 Å². The van der Waals surface area contributed by atoms with Crippen LogP contribution in [-0.2, 0) is 4.74 Å². The fraction of sp³-hybridized carbons (Fsp3) is 0.231. The lowest BCUT2D eigenvalue weighted by atomic mass is 10.1. The van der Waals surface area contributed by atoms with Gasteiger partial charge in [0.15, 0.2) is 0 Å². The molecule has 8 heteroatoms. The minimum absolute atomic E-state index is 0.0326. The van der Waals surface area contributed by atoms with Crippen molar-refractivity contribution in [1.82, 2.24) is 4.98 Å². The zero-order chi connectivity index (χ0) is 15.6. The Kier molecular flexibility index (Phi) is 3.88. The van der Waals surface area contributed by atoms with Gasteiger partial charge in [-0.05, 0) is 25.1 Å². The molecular weight excluding hydrogens is 289 g/mol. The Hall–Kier alpha value is -2.51. The van der Waals surface area contributed by atoms with Crippen LogP contribution in [0.1, 0.15) is 17.3 Å². The van der Waals surface area contributed by atoms with Crippen LogP contribution < -0.4 is 10.7 Å². The third kappa shape index (κ3) is 3.33. The topological polar surface area (TPSA) is 71.2 Å². The second kappa shape index (κ2) is 5.47. The molecule has 2 aromatic rings. The second-order valence-electron chi connectivity index (χ2n) is 4.14. The summed E-state index contributed by atoms with van der Waals surface area (Å²) in [5.41, 5.74) is -0.913. The maximum Gasteiger partial charge on any atom is 0.482 e. The third-order valence-corrected chi connectivity index (χ3v) is 2.66. The summed E-state index contributed by atoms with van der Waals surface area (Å²) in [4.78, 5) is 26.4. The van der Waals surface area contributed by atoms with Crippen LogP contribution in [0.2, 0.25) is 0 Å². The highest BCUT2D eigenvalue weighted by atomic mass is 19.4. The van der Waals surface area contributed by atoms with E-state index in [0.29, 0.717) is 5.52 Å². The summed E-state index contributed by atoms with van der Waals surface area (Å²) in [7, 11) is 0. The Labute approximate surface area is 116 Å². The zero-order valence-electron chi connectivity index (χ0n) is 10.9. The molecule has 0 amide bonds. The molecule has 5 nitrogen and oxygen atoms in total. The fourth-order valence-electron chi connectivity index (χ4n) is 1.82. The first-order valence-electron chi connectivity index (χ1n) is 5.99. The van der Waals surface area contributed by atoms with Crippen LogP contribution >= 0.6 is 0 Å². The molecule has 0 unspecified atom stereocenters. The number of carbonyl (C=O) groups excluding carboxylic acids is 1. The number of H-pyrrole nitrogens is 1. The summed E-state index contributed by atoms with van der Waals surface area (Å²) >= 11 is 0. The molecule has 0 bridgehead atoms. The molecule has 1 aromatic heterocycles. The summed E-state index contributed by atoms with van der Waals surface area (Å²) in [6, 6.07) is 3.53. The summed E-state index contributed by atoms with van der Waals surface area (Å²) in [5.74, 6) is -0.824. The van der Waals surface area contributed by atoms with Crippen molar-refractivity contribution >= 4 is 22.6 Å². The van der Waals surface area contributed by atoms with Crippen molar-refractivity contribution in [2.24, 2.45) is 0 Å². The third-order valence-electron chi connectivity index (χ3n) is 2.66. The minimum atomic E-state index is -4.61. The van der Waals surface area contributed by atoms with E-state index in [4.69, 9.17) is 4.74 Å². The molecular formula is C13H11F3N2O3. The number of aromatic amines is 1. The van der Waals surface area contributed by atoms with Gasteiger partial charge in [0.05, 0.1) is 6.61 Å². The average molecular weight is 300 g/mol. The smallest absolute Gasteiger partial charge is 0.462 e. The number of hydrogen-bond acceptors (Lipinski definition) is 4. The van der Waals surface area contributed by atoms with Gasteiger partial charge in [-0.25, -0.2) is 4.79 Å². The van der Waals surface area contributed by atoms with Gasteiger partial charge >= 0.3 is 12.3 Å². The Morgan fingerprint density at radius 2 is 2.10 bits per heavy atom. The Bertz CT molecular complexity index is 737. The fourth-order valence-corrected chi connectivity index (χ4v) is 1.82. The summed E-state index contributed by atoms with van der Waals surface area (Å²) in [5, 5.41) is 1.27. The summed E-state index contributed by atoms with van der Waals surface area (Å²) < 4.78 is 41.6. The maximum absolute atomic E-state index is 12.3. The van der Waals surface area contributed by atoms with Crippen LogP contribution in [-0.4, -0.2) is 23.9 Å². The van der Waals surface area contributed by atoms with Crippen molar-refractivity contribution in [2.75, 3.05) is 11.9 Å². The van der Waals surface area contributed by atoms with E-state index in [1.54, 1.807) is 6.92 Å². The predicted molar refractivity (Wildman–Crippen MR) is 70.2 cm³/mol. The van der Waals surface area contributed by atoms with Crippen LogP contribution in [0.4, 0.5) is 18.9 Å². The largest absolute Gasteiger partial charge is 0.482 e. The van der Waals surface area contributed by atoms with Gasteiger partial charge in [-0.15, -0.1) is 0 Å². The number of carbonyl (C=O) groups is 1. The highest BCUT2D eigenvalue weighted by molar-refractivity contribution is 5.94. The molecule has 112 valence electrons. The molecule has 0 saturated carbocycles. The number of alkyl halides is 3. The van der Waals surface area contributed by atoms with Gasteiger partial charge in [0.25, 0.3) is 0 Å². The predicted octanol–water partition coefficient (Wildman–Crippen LogP) is 2.64. The molecule has 2 rings (SSSR count). The molecule has 0 saturated heterocycles. The number of halogens is 3. The Morgan fingerprint density at radius 1 is 1.38 bits per heavy atom. The number of rotatable bonds is 3. The lowest BCUT2D eigenvalue weighted by Crippen LogP contribution is -2.21. The number of nitrogens with one attached hydrogen (secondary N) is 2. The molecule has 0 spiro atoms. The van der Waals surface area contributed by atoms with E-state index in [0.717, 1.165) is 6.07 Å². The molecule has 0 radical (unpaired) electrons. The first-order valence-corrected chi connectivity index (χ1v) is 5.99. The number of ether oxygens (including phenoxy) is 1. The van der Waals surface area contributed by atoms with E-state index in [-0.39, 0.29) is 23.2 Å². The summed E-state index contributed by atoms with van der Waals surface area (Å²) in [6.07, 6.45) is -3.43. The van der Waals surface area contributed by atoms with E-state index in [1.165, 1.54) is 23.6 Å². The molecule has 0 aliphatic rings. The summed E-state index contributed by atoms with van der Waals surface area (Å²) in [6.45, 7) is 1.67. The van der Waals surface area contributed by atoms with E-state index in [2.05, 4.69) is 4.98 Å². The Morgan fingerprint density at radius 3 is 2.71 bits per heavy atom. The standard InChI is InChI=1S/C13H11F3N2O3/c1-2-21-12(20)9-6-17-10-4-3-7(18-13(14,15)16)5-8(10)11(9)19/h3-6,18H,2H2,1H3,(H,17,19). The van der Waals surface area contributed by atoms with Crippen LogP contribution in [0.25, 0.3) is 10.9 Å². The van der Waals surface area contributed by atoms with Gasteiger partial charge in [0.1, 0.15) is 5.56 Å². The monoisotopic (exact) mass is 300 g/mol. The SMILES string of the molecule is CCOC(=O)c1c[nH]c2ccc(NC(F)(F)F)cc2c1=O. The molecule has 0 atom stereocenters. The number of benzene rings is 1. The molecule has 0 aliphatic heterocycles. The van der Waals surface area contributed by atoms with Gasteiger partial charge in [-0.2, -0.15) is 13.2 Å². The van der Waals surface area contributed by atoms with Gasteiger partial charge < -0.3 is 9.72 Å². The van der Waals surface area contributed by atoms with Crippen LogP contribution in [0.3, 0.4) is 0 Å². The van der Waals surface area contributed by atoms with E-state index in [1.807, 2.05) is 0 Å². The minimum Gasteiger partial charge on any atom is -0.462 e. The first-order chi connectivity index (χ1) is 9.81. The van der Waals surface area contributed by atoms with Crippen LogP contribution in [0.5, 0.6) is 0 Å². The number of hydrogen-bond donors (Lipinski definition) is 2.